The Morgan fingerprint density at radius 3 is 2.52 bits per heavy atom. The number of hydrogen-bond acceptors (Lipinski definition) is 4. The molecule has 5 nitrogen and oxygen atoms in total. The van der Waals surface area contributed by atoms with E-state index in [0.29, 0.717) is 17.5 Å². The van der Waals surface area contributed by atoms with Crippen LogP contribution in [0.25, 0.3) is 0 Å². The van der Waals surface area contributed by atoms with Gasteiger partial charge in [0.1, 0.15) is 11.6 Å². The van der Waals surface area contributed by atoms with Crippen LogP contribution in [0.2, 0.25) is 0 Å². The first-order valence-electron chi connectivity index (χ1n) is 6.74. The maximum absolute atomic E-state index is 11.0. The van der Waals surface area contributed by atoms with Gasteiger partial charge in [0.05, 0.1) is 5.56 Å². The highest BCUT2D eigenvalue weighted by atomic mass is 16.5. The molecule has 0 radical (unpaired) electrons. The number of aryl methyl sites for hydroxylation is 2. The van der Waals surface area contributed by atoms with E-state index in [1.54, 1.807) is 18.2 Å². The van der Waals surface area contributed by atoms with Gasteiger partial charge < -0.3 is 9.84 Å². The zero-order valence-corrected chi connectivity index (χ0v) is 12.5. The van der Waals surface area contributed by atoms with Crippen LogP contribution in [0.4, 0.5) is 0 Å². The molecule has 0 spiro atoms. The SMILES string of the molecule is Cc1cc(Oc2cc(C(=O)O)ccc2C)nc(C(C)C)n1. The molecule has 0 fully saturated rings. The normalized spacial score (nSPS) is 10.7. The van der Waals surface area contributed by atoms with Crippen molar-refractivity contribution in [2.75, 3.05) is 0 Å². The van der Waals surface area contributed by atoms with Crippen molar-refractivity contribution in [1.29, 1.82) is 0 Å². The summed E-state index contributed by atoms with van der Waals surface area (Å²) in [6, 6.07) is 6.51. The van der Waals surface area contributed by atoms with Gasteiger partial charge in [0.2, 0.25) is 5.88 Å². The molecule has 0 saturated carbocycles. The molecule has 2 rings (SSSR count). The Kier molecular flexibility index (Phi) is 4.21. The summed E-state index contributed by atoms with van der Waals surface area (Å²) >= 11 is 0. The minimum absolute atomic E-state index is 0.186. The van der Waals surface area contributed by atoms with Crippen LogP contribution < -0.4 is 4.74 Å². The third-order valence-electron chi connectivity index (χ3n) is 3.01. The molecule has 0 aliphatic heterocycles. The van der Waals surface area contributed by atoms with E-state index in [-0.39, 0.29) is 11.5 Å². The van der Waals surface area contributed by atoms with Crippen LogP contribution in [-0.2, 0) is 0 Å². The summed E-state index contributed by atoms with van der Waals surface area (Å²) < 4.78 is 5.76. The summed E-state index contributed by atoms with van der Waals surface area (Å²) in [6.45, 7) is 7.75. The zero-order chi connectivity index (χ0) is 15.6. The van der Waals surface area contributed by atoms with Gasteiger partial charge in [-0.25, -0.2) is 9.78 Å². The van der Waals surface area contributed by atoms with Gasteiger partial charge in [0, 0.05) is 17.7 Å². The van der Waals surface area contributed by atoms with Crippen molar-refractivity contribution in [1.82, 2.24) is 9.97 Å². The summed E-state index contributed by atoms with van der Waals surface area (Å²) in [4.78, 5) is 19.8. The molecule has 0 atom stereocenters. The summed E-state index contributed by atoms with van der Waals surface area (Å²) in [6.07, 6.45) is 0. The molecule has 0 bridgehead atoms. The van der Waals surface area contributed by atoms with E-state index in [0.717, 1.165) is 11.3 Å². The zero-order valence-electron chi connectivity index (χ0n) is 12.5. The molecule has 1 aromatic heterocycles. The van der Waals surface area contributed by atoms with E-state index in [4.69, 9.17) is 9.84 Å². The third-order valence-corrected chi connectivity index (χ3v) is 3.01. The molecular weight excluding hydrogens is 268 g/mol. The molecule has 0 aliphatic carbocycles. The van der Waals surface area contributed by atoms with Gasteiger partial charge in [-0.3, -0.25) is 0 Å². The van der Waals surface area contributed by atoms with Crippen molar-refractivity contribution in [3.05, 3.63) is 46.9 Å². The second kappa shape index (κ2) is 5.91. The van der Waals surface area contributed by atoms with Crippen molar-refractivity contribution < 1.29 is 14.6 Å². The Hall–Kier alpha value is -2.43. The number of aromatic nitrogens is 2. The van der Waals surface area contributed by atoms with E-state index in [9.17, 15) is 4.79 Å². The molecule has 0 aliphatic rings. The molecule has 1 aromatic carbocycles. The number of benzene rings is 1. The lowest BCUT2D eigenvalue weighted by Gasteiger charge is -2.11. The van der Waals surface area contributed by atoms with E-state index in [1.807, 2.05) is 27.7 Å². The highest BCUT2D eigenvalue weighted by Crippen LogP contribution is 2.26. The summed E-state index contributed by atoms with van der Waals surface area (Å²) in [7, 11) is 0. The van der Waals surface area contributed by atoms with Crippen LogP contribution in [0, 0.1) is 13.8 Å². The van der Waals surface area contributed by atoms with Crippen molar-refractivity contribution >= 4 is 5.97 Å². The van der Waals surface area contributed by atoms with Gasteiger partial charge in [-0.1, -0.05) is 19.9 Å². The molecule has 1 heterocycles. The number of rotatable bonds is 4. The third kappa shape index (κ3) is 3.56. The fourth-order valence-electron chi connectivity index (χ4n) is 1.83. The average molecular weight is 286 g/mol. The molecule has 21 heavy (non-hydrogen) atoms. The Bertz CT molecular complexity index is 681. The van der Waals surface area contributed by atoms with Gasteiger partial charge in [-0.2, -0.15) is 4.98 Å². The van der Waals surface area contributed by atoms with E-state index in [1.165, 1.54) is 6.07 Å². The molecule has 110 valence electrons. The maximum atomic E-state index is 11.0. The first-order chi connectivity index (χ1) is 9.86. The molecule has 5 heteroatoms. The number of carbonyl (C=O) groups is 1. The lowest BCUT2D eigenvalue weighted by molar-refractivity contribution is 0.0696. The van der Waals surface area contributed by atoms with Crippen LogP contribution in [-0.4, -0.2) is 21.0 Å². The van der Waals surface area contributed by atoms with Crippen LogP contribution in [0.15, 0.2) is 24.3 Å². The monoisotopic (exact) mass is 286 g/mol. The number of nitrogens with zero attached hydrogens (tertiary/aromatic N) is 2. The highest BCUT2D eigenvalue weighted by molar-refractivity contribution is 5.88. The van der Waals surface area contributed by atoms with Crippen molar-refractivity contribution in [2.24, 2.45) is 0 Å². The van der Waals surface area contributed by atoms with Gasteiger partial charge in [-0.05, 0) is 31.5 Å². The van der Waals surface area contributed by atoms with Crippen LogP contribution in [0.3, 0.4) is 0 Å². The van der Waals surface area contributed by atoms with Gasteiger partial charge in [0.25, 0.3) is 0 Å². The van der Waals surface area contributed by atoms with Gasteiger partial charge in [-0.15, -0.1) is 0 Å². The fourth-order valence-corrected chi connectivity index (χ4v) is 1.83. The number of hydrogen-bond donors (Lipinski definition) is 1. The predicted molar refractivity (Wildman–Crippen MR) is 79.1 cm³/mol. The lowest BCUT2D eigenvalue weighted by Crippen LogP contribution is -2.02. The number of ether oxygens (including phenoxy) is 1. The summed E-state index contributed by atoms with van der Waals surface area (Å²) in [5, 5.41) is 9.05. The van der Waals surface area contributed by atoms with Crippen molar-refractivity contribution in [2.45, 2.75) is 33.6 Å². The van der Waals surface area contributed by atoms with Gasteiger partial charge >= 0.3 is 5.97 Å². The summed E-state index contributed by atoms with van der Waals surface area (Å²) in [5.74, 6) is 0.830. The number of aromatic carboxylic acids is 1. The quantitative estimate of drug-likeness (QED) is 0.927. The first kappa shape index (κ1) is 15.0. The van der Waals surface area contributed by atoms with E-state index in [2.05, 4.69) is 9.97 Å². The smallest absolute Gasteiger partial charge is 0.335 e. The molecule has 0 unspecified atom stereocenters. The maximum Gasteiger partial charge on any atom is 0.335 e. The first-order valence-corrected chi connectivity index (χ1v) is 6.74. The average Bonchev–Trinajstić information content (AvgIpc) is 2.40. The Morgan fingerprint density at radius 2 is 1.90 bits per heavy atom. The van der Waals surface area contributed by atoms with E-state index >= 15 is 0 Å². The van der Waals surface area contributed by atoms with Gasteiger partial charge in [0.15, 0.2) is 0 Å². The van der Waals surface area contributed by atoms with Crippen molar-refractivity contribution in [3.63, 3.8) is 0 Å². The Morgan fingerprint density at radius 1 is 1.19 bits per heavy atom. The second-order valence-electron chi connectivity index (χ2n) is 5.25. The molecule has 0 amide bonds. The summed E-state index contributed by atoms with van der Waals surface area (Å²) in [5.41, 5.74) is 1.85. The molecule has 1 N–H and O–H groups in total. The predicted octanol–water partition coefficient (Wildman–Crippen LogP) is 3.71. The second-order valence-corrected chi connectivity index (χ2v) is 5.25. The standard InChI is InChI=1S/C16H18N2O3/c1-9(2)15-17-11(4)7-14(18-15)21-13-8-12(16(19)20)6-5-10(13)3/h5-9H,1-4H3,(H,19,20). The highest BCUT2D eigenvalue weighted by Gasteiger charge is 2.11. The lowest BCUT2D eigenvalue weighted by atomic mass is 10.1. The Balaban J connectivity index is 2.38. The minimum atomic E-state index is -0.985. The topological polar surface area (TPSA) is 72.3 Å². The minimum Gasteiger partial charge on any atom is -0.478 e. The Labute approximate surface area is 123 Å². The largest absolute Gasteiger partial charge is 0.478 e. The number of carboxylic acid groups (broad SMARTS) is 1. The molecule has 0 saturated heterocycles. The number of carboxylic acids is 1. The molecular formula is C16H18N2O3. The van der Waals surface area contributed by atoms with Crippen LogP contribution >= 0.6 is 0 Å². The molecule has 2 aromatic rings. The van der Waals surface area contributed by atoms with Crippen LogP contribution in [0.5, 0.6) is 11.6 Å². The van der Waals surface area contributed by atoms with E-state index < -0.39 is 5.97 Å². The fraction of sp³-hybridized carbons (Fsp3) is 0.312. The van der Waals surface area contributed by atoms with Crippen molar-refractivity contribution in [3.8, 4) is 11.6 Å². The van der Waals surface area contributed by atoms with Crippen LogP contribution in [0.1, 0.15) is 47.2 Å².